The van der Waals surface area contributed by atoms with Gasteiger partial charge >= 0.3 is 6.18 Å². The normalized spacial score (nSPS) is 11.8. The summed E-state index contributed by atoms with van der Waals surface area (Å²) in [6, 6.07) is 4.13. The molecule has 5 rings (SSSR count). The third-order valence-corrected chi connectivity index (χ3v) is 6.94. The van der Waals surface area contributed by atoms with Crippen LogP contribution in [-0.4, -0.2) is 46.0 Å². The SMILES string of the molecule is Cc1c(NC(=O)c2c(NC(=O)c3nn4c(C(F)(F)F)cc(-c5cccs5)nc4c3Cl)cnn2C)cnn1C. The van der Waals surface area contributed by atoms with E-state index in [9.17, 15) is 22.8 Å². The second kappa shape index (κ2) is 9.25. The Balaban J connectivity index is 1.51. The minimum Gasteiger partial charge on any atom is -0.318 e. The summed E-state index contributed by atoms with van der Waals surface area (Å²) >= 11 is 7.53. The smallest absolute Gasteiger partial charge is 0.318 e. The Morgan fingerprint density at radius 3 is 2.37 bits per heavy atom. The first kappa shape index (κ1) is 25.4. The first-order valence-electron chi connectivity index (χ1n) is 10.8. The minimum absolute atomic E-state index is 0.00653. The lowest BCUT2D eigenvalue weighted by molar-refractivity contribution is -0.142. The molecule has 5 aromatic rings. The number of nitrogens with zero attached hydrogens (tertiary/aromatic N) is 7. The minimum atomic E-state index is -4.81. The molecule has 2 amide bonds. The third-order valence-electron chi connectivity index (χ3n) is 5.70. The fourth-order valence-electron chi connectivity index (χ4n) is 3.67. The maximum Gasteiger partial charge on any atom is 0.433 e. The van der Waals surface area contributed by atoms with Crippen molar-refractivity contribution in [1.82, 2.24) is 34.2 Å². The summed E-state index contributed by atoms with van der Waals surface area (Å²) < 4.78 is 45.0. The van der Waals surface area contributed by atoms with Crippen LogP contribution >= 0.6 is 22.9 Å². The second-order valence-corrected chi connectivity index (χ2v) is 9.43. The number of anilines is 2. The summed E-state index contributed by atoms with van der Waals surface area (Å²) in [5, 5.41) is 18.4. The van der Waals surface area contributed by atoms with Gasteiger partial charge in [-0.25, -0.2) is 9.50 Å². The number of halogens is 4. The van der Waals surface area contributed by atoms with Gasteiger partial charge in [-0.05, 0) is 24.4 Å². The molecule has 0 aliphatic rings. The lowest BCUT2D eigenvalue weighted by Gasteiger charge is -2.10. The highest BCUT2D eigenvalue weighted by atomic mass is 35.5. The Kier molecular flexibility index (Phi) is 6.19. The number of hydrogen-bond donors (Lipinski definition) is 2. The number of alkyl halides is 3. The van der Waals surface area contributed by atoms with Gasteiger partial charge in [-0.2, -0.15) is 28.5 Å². The average molecular weight is 564 g/mol. The Morgan fingerprint density at radius 2 is 1.74 bits per heavy atom. The van der Waals surface area contributed by atoms with E-state index in [1.807, 2.05) is 0 Å². The van der Waals surface area contributed by atoms with E-state index < -0.39 is 29.4 Å². The van der Waals surface area contributed by atoms with Crippen LogP contribution in [0.5, 0.6) is 0 Å². The maximum absolute atomic E-state index is 13.9. The Labute approximate surface area is 220 Å². The maximum atomic E-state index is 13.9. The van der Waals surface area contributed by atoms with E-state index in [1.165, 1.54) is 35.5 Å². The fourth-order valence-corrected chi connectivity index (χ4v) is 4.60. The Morgan fingerprint density at radius 1 is 1.05 bits per heavy atom. The number of aryl methyl sites for hydroxylation is 2. The molecule has 11 nitrogen and oxygen atoms in total. The van der Waals surface area contributed by atoms with Crippen LogP contribution in [0.2, 0.25) is 5.02 Å². The van der Waals surface area contributed by atoms with Crippen LogP contribution in [0.25, 0.3) is 16.2 Å². The van der Waals surface area contributed by atoms with Crippen molar-refractivity contribution in [2.24, 2.45) is 14.1 Å². The van der Waals surface area contributed by atoms with Gasteiger partial charge in [0.15, 0.2) is 17.0 Å². The standard InChI is InChI=1S/C22H17ClF3N9O2S/c1-10-12(8-27-33(10)2)30-21(37)18-13(9-28-34(18)3)31-20(36)17-16(23)19-29-11(14-5-4-6-38-14)7-15(22(24,25)26)35(19)32-17/h4-9H,1-3H3,(H,30,37)(H,31,36). The van der Waals surface area contributed by atoms with Crippen LogP contribution in [-0.2, 0) is 20.3 Å². The van der Waals surface area contributed by atoms with Gasteiger partial charge in [0.2, 0.25) is 0 Å². The lowest BCUT2D eigenvalue weighted by atomic mass is 10.2. The molecule has 0 atom stereocenters. The van der Waals surface area contributed by atoms with Gasteiger partial charge < -0.3 is 10.6 Å². The first-order valence-corrected chi connectivity index (χ1v) is 12.0. The number of nitrogens with one attached hydrogen (secondary N) is 2. The van der Waals surface area contributed by atoms with E-state index in [4.69, 9.17) is 11.6 Å². The Bertz CT molecular complexity index is 1700. The molecule has 0 spiro atoms. The summed E-state index contributed by atoms with van der Waals surface area (Å²) in [5.74, 6) is -1.55. The predicted molar refractivity (Wildman–Crippen MR) is 133 cm³/mol. The van der Waals surface area contributed by atoms with Crippen LogP contribution in [0, 0.1) is 6.92 Å². The number of amides is 2. The predicted octanol–water partition coefficient (Wildman–Crippen LogP) is 4.41. The summed E-state index contributed by atoms with van der Waals surface area (Å²) in [5.41, 5.74) is -0.851. The second-order valence-electron chi connectivity index (χ2n) is 8.11. The zero-order valence-corrected chi connectivity index (χ0v) is 21.4. The number of rotatable bonds is 5. The molecule has 16 heteroatoms. The molecule has 0 saturated carbocycles. The van der Waals surface area contributed by atoms with Gasteiger partial charge in [0.25, 0.3) is 11.8 Å². The van der Waals surface area contributed by atoms with Crippen molar-refractivity contribution in [3.63, 3.8) is 0 Å². The molecular weight excluding hydrogens is 547 g/mol. The van der Waals surface area contributed by atoms with Gasteiger partial charge in [-0.1, -0.05) is 17.7 Å². The third kappa shape index (κ3) is 4.39. The highest BCUT2D eigenvalue weighted by Crippen LogP contribution is 2.35. The van der Waals surface area contributed by atoms with Gasteiger partial charge in [0.1, 0.15) is 10.7 Å². The monoisotopic (exact) mass is 563 g/mol. The van der Waals surface area contributed by atoms with Crippen molar-refractivity contribution in [2.75, 3.05) is 10.6 Å². The highest BCUT2D eigenvalue weighted by molar-refractivity contribution is 7.13. The Hall–Kier alpha value is -4.24. The molecule has 0 aliphatic heterocycles. The molecule has 0 aromatic carbocycles. The van der Waals surface area contributed by atoms with E-state index in [0.29, 0.717) is 20.8 Å². The summed E-state index contributed by atoms with van der Waals surface area (Å²) in [6.45, 7) is 1.76. The quantitative estimate of drug-likeness (QED) is 0.326. The molecule has 0 aliphatic carbocycles. The topological polar surface area (TPSA) is 124 Å². The number of fused-ring (bicyclic) bond motifs is 1. The molecule has 5 heterocycles. The van der Waals surface area contributed by atoms with Gasteiger partial charge in [-0.15, -0.1) is 11.3 Å². The van der Waals surface area contributed by atoms with Crippen molar-refractivity contribution >= 4 is 51.8 Å². The molecule has 2 N–H and O–H groups in total. The molecule has 0 saturated heterocycles. The molecule has 0 radical (unpaired) electrons. The molecule has 0 unspecified atom stereocenters. The molecular formula is C22H17ClF3N9O2S. The summed E-state index contributed by atoms with van der Waals surface area (Å²) in [4.78, 5) is 30.8. The van der Waals surface area contributed by atoms with E-state index in [0.717, 1.165) is 6.07 Å². The van der Waals surface area contributed by atoms with E-state index in [-0.39, 0.29) is 27.7 Å². The molecule has 5 aromatic heterocycles. The number of carbonyl (C=O) groups excluding carboxylic acids is 2. The van der Waals surface area contributed by atoms with E-state index >= 15 is 0 Å². The van der Waals surface area contributed by atoms with Crippen molar-refractivity contribution < 1.29 is 22.8 Å². The van der Waals surface area contributed by atoms with Crippen LogP contribution in [0.1, 0.15) is 32.4 Å². The molecule has 0 fully saturated rings. The summed E-state index contributed by atoms with van der Waals surface area (Å²) in [6.07, 6.45) is -2.12. The number of carbonyl (C=O) groups is 2. The molecule has 196 valence electrons. The highest BCUT2D eigenvalue weighted by Gasteiger charge is 2.37. The van der Waals surface area contributed by atoms with Crippen molar-refractivity contribution in [3.05, 3.63) is 63.8 Å². The van der Waals surface area contributed by atoms with E-state index in [2.05, 4.69) is 30.9 Å². The zero-order valence-electron chi connectivity index (χ0n) is 19.8. The van der Waals surface area contributed by atoms with Crippen molar-refractivity contribution in [2.45, 2.75) is 13.1 Å². The number of thiophene rings is 1. The number of hydrogen-bond acceptors (Lipinski definition) is 7. The van der Waals surface area contributed by atoms with Crippen LogP contribution < -0.4 is 10.6 Å². The van der Waals surface area contributed by atoms with E-state index in [1.54, 1.807) is 36.2 Å². The van der Waals surface area contributed by atoms with Crippen LogP contribution in [0.4, 0.5) is 24.5 Å². The number of aromatic nitrogens is 7. The molecule has 0 bridgehead atoms. The van der Waals surface area contributed by atoms with Gasteiger partial charge in [0.05, 0.1) is 40.0 Å². The first-order chi connectivity index (χ1) is 18.0. The zero-order chi connectivity index (χ0) is 27.4. The summed E-state index contributed by atoms with van der Waals surface area (Å²) in [7, 11) is 3.20. The largest absolute Gasteiger partial charge is 0.433 e. The van der Waals surface area contributed by atoms with Crippen LogP contribution in [0.3, 0.4) is 0 Å². The van der Waals surface area contributed by atoms with Gasteiger partial charge in [-0.3, -0.25) is 19.0 Å². The fraction of sp³-hybridized carbons (Fsp3) is 0.182. The van der Waals surface area contributed by atoms with Crippen molar-refractivity contribution in [1.29, 1.82) is 0 Å². The van der Waals surface area contributed by atoms with Gasteiger partial charge in [0, 0.05) is 14.1 Å². The molecule has 38 heavy (non-hydrogen) atoms. The average Bonchev–Trinajstić information content (AvgIpc) is 3.64. The van der Waals surface area contributed by atoms with Crippen molar-refractivity contribution in [3.8, 4) is 10.6 Å². The lowest BCUT2D eigenvalue weighted by Crippen LogP contribution is -2.21. The van der Waals surface area contributed by atoms with Crippen LogP contribution in [0.15, 0.2) is 36.0 Å².